The van der Waals surface area contributed by atoms with Gasteiger partial charge in [-0.1, -0.05) is 13.8 Å². The number of rotatable bonds is 5. The monoisotopic (exact) mass is 223 g/mol. The van der Waals surface area contributed by atoms with E-state index in [1.807, 2.05) is 0 Å². The highest BCUT2D eigenvalue weighted by molar-refractivity contribution is 5.94. The van der Waals surface area contributed by atoms with Crippen LogP contribution in [0.25, 0.3) is 0 Å². The molecule has 0 spiro atoms. The summed E-state index contributed by atoms with van der Waals surface area (Å²) in [6, 6.07) is 1.41. The maximum absolute atomic E-state index is 10.9. The second-order valence-electron chi connectivity index (χ2n) is 4.08. The Balaban J connectivity index is 2.75. The molecule has 1 aromatic rings. The molecule has 0 aliphatic rings. The van der Waals surface area contributed by atoms with Gasteiger partial charge < -0.3 is 16.2 Å². The standard InChI is InChI=1S/C11H17N3O2/c1-7(2)3-4-13-10-9(11(15)16)5-8(12)6-14-10/h5-7H,3-4,12H2,1-2H3,(H,13,14)(H,15,16). The van der Waals surface area contributed by atoms with Gasteiger partial charge in [0.05, 0.1) is 11.9 Å². The van der Waals surface area contributed by atoms with Crippen molar-refractivity contribution < 1.29 is 9.90 Å². The van der Waals surface area contributed by atoms with Crippen LogP contribution in [-0.4, -0.2) is 22.6 Å². The number of hydrogen-bond donors (Lipinski definition) is 3. The minimum absolute atomic E-state index is 0.115. The lowest BCUT2D eigenvalue weighted by atomic mass is 10.1. The summed E-state index contributed by atoms with van der Waals surface area (Å²) in [6.07, 6.45) is 2.41. The molecule has 4 N–H and O–H groups in total. The Bertz CT molecular complexity index is 377. The summed E-state index contributed by atoms with van der Waals surface area (Å²) in [4.78, 5) is 14.9. The zero-order valence-corrected chi connectivity index (χ0v) is 9.53. The summed E-state index contributed by atoms with van der Waals surface area (Å²) in [5, 5.41) is 12.0. The van der Waals surface area contributed by atoms with Gasteiger partial charge in [0, 0.05) is 6.54 Å². The van der Waals surface area contributed by atoms with E-state index in [2.05, 4.69) is 24.1 Å². The summed E-state index contributed by atoms with van der Waals surface area (Å²) in [7, 11) is 0. The number of nitrogens with zero attached hydrogens (tertiary/aromatic N) is 1. The highest BCUT2D eigenvalue weighted by Gasteiger charge is 2.11. The number of pyridine rings is 1. The zero-order chi connectivity index (χ0) is 12.1. The van der Waals surface area contributed by atoms with Gasteiger partial charge in [0.2, 0.25) is 0 Å². The molecular weight excluding hydrogens is 206 g/mol. The van der Waals surface area contributed by atoms with E-state index in [1.54, 1.807) is 0 Å². The number of nitrogens with two attached hydrogens (primary N) is 1. The number of carbonyl (C=O) groups is 1. The van der Waals surface area contributed by atoms with Gasteiger partial charge in [-0.05, 0) is 18.4 Å². The molecule has 1 rings (SSSR count). The number of hydrogen-bond acceptors (Lipinski definition) is 4. The number of carboxylic acids is 1. The second kappa shape index (κ2) is 5.34. The van der Waals surface area contributed by atoms with Crippen LogP contribution in [-0.2, 0) is 0 Å². The quantitative estimate of drug-likeness (QED) is 0.708. The van der Waals surface area contributed by atoms with Crippen LogP contribution in [0.4, 0.5) is 11.5 Å². The van der Waals surface area contributed by atoms with Crippen LogP contribution < -0.4 is 11.1 Å². The molecule has 0 bridgehead atoms. The molecule has 1 heterocycles. The molecule has 1 aromatic heterocycles. The van der Waals surface area contributed by atoms with Crippen LogP contribution in [0.15, 0.2) is 12.3 Å². The molecule has 0 saturated heterocycles. The van der Waals surface area contributed by atoms with Crippen molar-refractivity contribution in [1.29, 1.82) is 0 Å². The average Bonchev–Trinajstić information content (AvgIpc) is 2.19. The summed E-state index contributed by atoms with van der Waals surface area (Å²) < 4.78 is 0. The number of aromatic carboxylic acids is 1. The van der Waals surface area contributed by atoms with E-state index in [0.29, 0.717) is 24.0 Å². The number of anilines is 2. The van der Waals surface area contributed by atoms with Crippen molar-refractivity contribution in [2.45, 2.75) is 20.3 Å². The van der Waals surface area contributed by atoms with E-state index in [4.69, 9.17) is 10.8 Å². The normalized spacial score (nSPS) is 10.4. The molecule has 0 saturated carbocycles. The third kappa shape index (κ3) is 3.42. The molecular formula is C11H17N3O2. The Morgan fingerprint density at radius 3 is 2.88 bits per heavy atom. The molecule has 5 heteroatoms. The molecule has 0 aliphatic carbocycles. The average molecular weight is 223 g/mol. The molecule has 0 fully saturated rings. The van der Waals surface area contributed by atoms with Gasteiger partial charge in [0.25, 0.3) is 0 Å². The van der Waals surface area contributed by atoms with Crippen molar-refractivity contribution in [3.05, 3.63) is 17.8 Å². The second-order valence-corrected chi connectivity index (χ2v) is 4.08. The molecule has 0 unspecified atom stereocenters. The van der Waals surface area contributed by atoms with Gasteiger partial charge in [0.1, 0.15) is 11.4 Å². The fourth-order valence-electron chi connectivity index (χ4n) is 1.26. The van der Waals surface area contributed by atoms with Gasteiger partial charge in [-0.2, -0.15) is 0 Å². The highest BCUT2D eigenvalue weighted by Crippen LogP contribution is 2.15. The third-order valence-corrected chi connectivity index (χ3v) is 2.15. The first-order valence-electron chi connectivity index (χ1n) is 5.23. The molecule has 0 aliphatic heterocycles. The van der Waals surface area contributed by atoms with Gasteiger partial charge in [-0.3, -0.25) is 0 Å². The van der Waals surface area contributed by atoms with Crippen LogP contribution in [0, 0.1) is 5.92 Å². The van der Waals surface area contributed by atoms with Crippen LogP contribution >= 0.6 is 0 Å². The Morgan fingerprint density at radius 2 is 2.31 bits per heavy atom. The number of carboxylic acid groups (broad SMARTS) is 1. The van der Waals surface area contributed by atoms with E-state index >= 15 is 0 Å². The number of nitrogen functional groups attached to an aromatic ring is 1. The zero-order valence-electron chi connectivity index (χ0n) is 9.53. The summed E-state index contributed by atoms with van der Waals surface area (Å²) >= 11 is 0. The van der Waals surface area contributed by atoms with Gasteiger partial charge in [-0.15, -0.1) is 0 Å². The molecule has 88 valence electrons. The van der Waals surface area contributed by atoms with Crippen molar-refractivity contribution in [2.75, 3.05) is 17.6 Å². The van der Waals surface area contributed by atoms with E-state index in [1.165, 1.54) is 12.3 Å². The Kier molecular flexibility index (Phi) is 4.10. The van der Waals surface area contributed by atoms with Gasteiger partial charge in [-0.25, -0.2) is 9.78 Å². The van der Waals surface area contributed by atoms with Gasteiger partial charge >= 0.3 is 5.97 Å². The predicted molar refractivity (Wildman–Crippen MR) is 63.6 cm³/mol. The first-order chi connectivity index (χ1) is 7.50. The van der Waals surface area contributed by atoms with Crippen LogP contribution in [0.2, 0.25) is 0 Å². The Hall–Kier alpha value is -1.78. The largest absolute Gasteiger partial charge is 0.478 e. The lowest BCUT2D eigenvalue weighted by Crippen LogP contribution is -2.11. The lowest BCUT2D eigenvalue weighted by molar-refractivity contribution is 0.0697. The summed E-state index contributed by atoms with van der Waals surface area (Å²) in [5.74, 6) is -0.0799. The molecule has 0 radical (unpaired) electrons. The van der Waals surface area contributed by atoms with E-state index in [0.717, 1.165) is 6.42 Å². The van der Waals surface area contributed by atoms with E-state index in [-0.39, 0.29) is 5.56 Å². The van der Waals surface area contributed by atoms with Crippen LogP contribution in [0.5, 0.6) is 0 Å². The molecule has 0 aromatic carbocycles. The minimum atomic E-state index is -1.02. The van der Waals surface area contributed by atoms with Crippen molar-refractivity contribution in [1.82, 2.24) is 4.98 Å². The maximum Gasteiger partial charge on any atom is 0.339 e. The molecule has 16 heavy (non-hydrogen) atoms. The number of nitrogens with one attached hydrogen (secondary N) is 1. The highest BCUT2D eigenvalue weighted by atomic mass is 16.4. The van der Waals surface area contributed by atoms with Crippen molar-refractivity contribution in [2.24, 2.45) is 5.92 Å². The van der Waals surface area contributed by atoms with Crippen molar-refractivity contribution >= 4 is 17.5 Å². The molecule has 5 nitrogen and oxygen atoms in total. The lowest BCUT2D eigenvalue weighted by Gasteiger charge is -2.10. The molecule has 0 amide bonds. The van der Waals surface area contributed by atoms with E-state index < -0.39 is 5.97 Å². The Morgan fingerprint density at radius 1 is 1.62 bits per heavy atom. The first-order valence-corrected chi connectivity index (χ1v) is 5.23. The first kappa shape index (κ1) is 12.3. The van der Waals surface area contributed by atoms with Gasteiger partial charge in [0.15, 0.2) is 0 Å². The number of aromatic nitrogens is 1. The fourth-order valence-corrected chi connectivity index (χ4v) is 1.26. The topological polar surface area (TPSA) is 88.2 Å². The maximum atomic E-state index is 10.9. The van der Waals surface area contributed by atoms with Crippen LogP contribution in [0.3, 0.4) is 0 Å². The molecule has 0 atom stereocenters. The van der Waals surface area contributed by atoms with Crippen LogP contribution in [0.1, 0.15) is 30.6 Å². The third-order valence-electron chi connectivity index (χ3n) is 2.15. The fraction of sp³-hybridized carbons (Fsp3) is 0.455. The Labute approximate surface area is 94.7 Å². The van der Waals surface area contributed by atoms with Crippen molar-refractivity contribution in [3.8, 4) is 0 Å². The van der Waals surface area contributed by atoms with Crippen molar-refractivity contribution in [3.63, 3.8) is 0 Å². The predicted octanol–water partition coefficient (Wildman–Crippen LogP) is 1.82. The van der Waals surface area contributed by atoms with E-state index in [9.17, 15) is 4.79 Å². The smallest absolute Gasteiger partial charge is 0.339 e. The SMILES string of the molecule is CC(C)CCNc1ncc(N)cc1C(=O)O. The minimum Gasteiger partial charge on any atom is -0.478 e. The summed E-state index contributed by atoms with van der Waals surface area (Å²) in [5.41, 5.74) is 5.96. The summed E-state index contributed by atoms with van der Waals surface area (Å²) in [6.45, 7) is 4.92.